The van der Waals surface area contributed by atoms with E-state index in [1.807, 2.05) is 0 Å². The fourth-order valence-corrected chi connectivity index (χ4v) is 5.46. The van der Waals surface area contributed by atoms with Crippen LogP contribution in [0.4, 0.5) is 10.1 Å². The molecule has 13 heteroatoms. The van der Waals surface area contributed by atoms with Crippen molar-refractivity contribution >= 4 is 52.3 Å². The van der Waals surface area contributed by atoms with Gasteiger partial charge in [-0.2, -0.15) is 0 Å². The van der Waals surface area contributed by atoms with Crippen LogP contribution in [-0.4, -0.2) is 52.5 Å². The zero-order valence-corrected chi connectivity index (χ0v) is 20.0. The van der Waals surface area contributed by atoms with Crippen LogP contribution in [0.25, 0.3) is 0 Å². The number of carbonyl (C=O) groups is 2. The first kappa shape index (κ1) is 24.0. The number of hydrogen-bond acceptors (Lipinski definition) is 9. The van der Waals surface area contributed by atoms with Crippen LogP contribution in [0.1, 0.15) is 19.8 Å². The van der Waals surface area contributed by atoms with Crippen LogP contribution in [0.15, 0.2) is 26.8 Å². The molecule has 0 bridgehead atoms. The summed E-state index contributed by atoms with van der Waals surface area (Å²) >= 11 is 8.20. The summed E-state index contributed by atoms with van der Waals surface area (Å²) in [5.41, 5.74) is 0.0251. The van der Waals surface area contributed by atoms with Gasteiger partial charge in [0.25, 0.3) is 0 Å². The first-order valence-corrected chi connectivity index (χ1v) is 12.4. The van der Waals surface area contributed by atoms with E-state index >= 15 is 0 Å². The maximum atomic E-state index is 14.5. The maximum absolute atomic E-state index is 14.5. The maximum Gasteiger partial charge on any atom is 0.325 e. The highest BCUT2D eigenvalue weighted by molar-refractivity contribution is 8.00. The van der Waals surface area contributed by atoms with E-state index in [9.17, 15) is 18.8 Å². The summed E-state index contributed by atoms with van der Waals surface area (Å²) < 4.78 is 33.6. The van der Waals surface area contributed by atoms with Crippen LogP contribution < -0.4 is 9.67 Å². The summed E-state index contributed by atoms with van der Waals surface area (Å²) in [5, 5.41) is 0.131. The van der Waals surface area contributed by atoms with E-state index in [0.29, 0.717) is 22.8 Å². The highest BCUT2D eigenvalue weighted by atomic mass is 35.5. The Balaban J connectivity index is 1.47. The number of aromatic nitrogens is 2. The molecule has 0 radical (unpaired) electrons. The van der Waals surface area contributed by atoms with Crippen molar-refractivity contribution in [3.63, 3.8) is 0 Å². The molecule has 33 heavy (non-hydrogen) atoms. The number of rotatable bonds is 6. The molecule has 178 valence electrons. The summed E-state index contributed by atoms with van der Waals surface area (Å²) in [6.45, 7) is 2.82. The molecule has 9 nitrogen and oxygen atoms in total. The Morgan fingerprint density at radius 2 is 1.94 bits per heavy atom. The Labute approximate surface area is 201 Å². The van der Waals surface area contributed by atoms with E-state index in [1.54, 1.807) is 9.36 Å². The molecule has 2 aliphatic heterocycles. The molecule has 1 saturated heterocycles. The minimum absolute atomic E-state index is 0.0251. The quantitative estimate of drug-likeness (QED) is 0.428. The predicted molar refractivity (Wildman–Crippen MR) is 119 cm³/mol. The van der Waals surface area contributed by atoms with E-state index in [0.717, 1.165) is 42.0 Å². The molecule has 0 spiro atoms. The molecule has 0 N–H and O–H groups in total. The molecule has 4 rings (SSSR count). The van der Waals surface area contributed by atoms with Gasteiger partial charge in [0.15, 0.2) is 12.2 Å². The second-order valence-corrected chi connectivity index (χ2v) is 9.79. The number of thioether (sulfide) groups is 1. The molecule has 1 aromatic carbocycles. The third-order valence-electron chi connectivity index (χ3n) is 5.03. The van der Waals surface area contributed by atoms with Gasteiger partial charge in [-0.05, 0) is 36.3 Å². The van der Waals surface area contributed by atoms with Gasteiger partial charge in [-0.15, -0.1) is 11.8 Å². The third-order valence-corrected chi connectivity index (χ3v) is 7.36. The standard InChI is InChI=1S/C20H21ClFN3O6S2/c1-11(26)30-15-8-29-9-16(15)31-18(27)10-32-17-7-14(13(22)6-12(17)21)23-19-24-4-2-3-5-25(24)20(28)33-19/h6-7,15-16H,2-5,8-10H2,1H3. The number of carbonyl (C=O) groups excluding carboxylic acids is 2. The SMILES string of the molecule is CC(=O)OC1COCC1OC(=O)CSc1cc(N=c2sc(=O)n3n2CCCC3)c(F)cc1Cl. The Bertz CT molecular complexity index is 1190. The van der Waals surface area contributed by atoms with E-state index in [1.165, 1.54) is 13.0 Å². The van der Waals surface area contributed by atoms with Crippen LogP contribution in [-0.2, 0) is 36.9 Å². The molecule has 1 fully saturated rings. The van der Waals surface area contributed by atoms with Gasteiger partial charge in [0.1, 0.15) is 11.5 Å². The Kier molecular flexibility index (Phi) is 7.57. The topological polar surface area (TPSA) is 101 Å². The summed E-state index contributed by atoms with van der Waals surface area (Å²) in [7, 11) is 0. The van der Waals surface area contributed by atoms with Crippen molar-refractivity contribution in [1.29, 1.82) is 0 Å². The molecule has 0 aliphatic carbocycles. The zero-order chi connectivity index (χ0) is 23.5. The smallest absolute Gasteiger partial charge is 0.325 e. The Hall–Kier alpha value is -2.15. The van der Waals surface area contributed by atoms with Gasteiger partial charge < -0.3 is 14.2 Å². The minimum atomic E-state index is -0.683. The second-order valence-electron chi connectivity index (χ2n) is 7.45. The lowest BCUT2D eigenvalue weighted by atomic mass is 10.2. The lowest BCUT2D eigenvalue weighted by Crippen LogP contribution is -2.33. The number of ether oxygens (including phenoxy) is 3. The fraction of sp³-hybridized carbons (Fsp3) is 0.500. The van der Waals surface area contributed by atoms with Gasteiger partial charge in [0.2, 0.25) is 4.80 Å². The summed E-state index contributed by atoms with van der Waals surface area (Å²) in [5.74, 6) is -1.77. The molecule has 1 aromatic heterocycles. The van der Waals surface area contributed by atoms with Crippen molar-refractivity contribution in [1.82, 2.24) is 9.36 Å². The number of nitrogens with zero attached hydrogens (tertiary/aromatic N) is 3. The average Bonchev–Trinajstić information content (AvgIpc) is 3.32. The van der Waals surface area contributed by atoms with Crippen molar-refractivity contribution in [3.05, 3.63) is 37.4 Å². The van der Waals surface area contributed by atoms with Gasteiger partial charge in [-0.25, -0.2) is 14.1 Å². The van der Waals surface area contributed by atoms with E-state index < -0.39 is 30.0 Å². The molecular formula is C20H21ClFN3O6S2. The molecule has 0 saturated carbocycles. The molecule has 2 aromatic rings. The number of esters is 2. The largest absolute Gasteiger partial charge is 0.456 e. The fourth-order valence-electron chi connectivity index (χ4n) is 3.52. The van der Waals surface area contributed by atoms with Gasteiger partial charge in [-0.3, -0.25) is 19.1 Å². The molecule has 3 heterocycles. The second kappa shape index (κ2) is 10.4. The number of fused-ring (bicyclic) bond motifs is 1. The van der Waals surface area contributed by atoms with Crippen molar-refractivity contribution in [3.8, 4) is 0 Å². The first-order chi connectivity index (χ1) is 15.8. The Morgan fingerprint density at radius 3 is 2.67 bits per heavy atom. The van der Waals surface area contributed by atoms with Gasteiger partial charge >= 0.3 is 16.8 Å². The van der Waals surface area contributed by atoms with E-state index in [4.69, 9.17) is 25.8 Å². The van der Waals surface area contributed by atoms with Crippen molar-refractivity contribution in [2.75, 3.05) is 19.0 Å². The molecule has 0 amide bonds. The van der Waals surface area contributed by atoms with Crippen LogP contribution in [0.5, 0.6) is 0 Å². The highest BCUT2D eigenvalue weighted by Crippen LogP contribution is 2.33. The number of halogens is 2. The normalized spacial score (nSPS) is 20.5. The van der Waals surface area contributed by atoms with E-state index in [2.05, 4.69) is 4.99 Å². The van der Waals surface area contributed by atoms with Gasteiger partial charge in [0.05, 0.1) is 24.0 Å². The first-order valence-electron chi connectivity index (χ1n) is 10.2. The number of benzene rings is 1. The van der Waals surface area contributed by atoms with Crippen LogP contribution in [0, 0.1) is 5.82 Å². The molecule has 2 unspecified atom stereocenters. The lowest BCUT2D eigenvalue weighted by Gasteiger charge is -2.18. The molecule has 2 atom stereocenters. The molecule has 2 aliphatic rings. The highest BCUT2D eigenvalue weighted by Gasteiger charge is 2.34. The summed E-state index contributed by atoms with van der Waals surface area (Å²) in [6.07, 6.45) is 0.503. The van der Waals surface area contributed by atoms with Crippen molar-refractivity contribution < 1.29 is 28.2 Å². The van der Waals surface area contributed by atoms with Crippen molar-refractivity contribution in [2.45, 2.75) is 50.0 Å². The van der Waals surface area contributed by atoms with Crippen LogP contribution >= 0.6 is 34.7 Å². The molecular weight excluding hydrogens is 497 g/mol. The van der Waals surface area contributed by atoms with Crippen LogP contribution in [0.2, 0.25) is 5.02 Å². The lowest BCUT2D eigenvalue weighted by molar-refractivity contribution is -0.160. The summed E-state index contributed by atoms with van der Waals surface area (Å²) in [6, 6.07) is 2.58. The number of hydrogen-bond donors (Lipinski definition) is 0. The predicted octanol–water partition coefficient (Wildman–Crippen LogP) is 2.50. The van der Waals surface area contributed by atoms with E-state index in [-0.39, 0.29) is 34.5 Å². The van der Waals surface area contributed by atoms with Gasteiger partial charge in [0, 0.05) is 24.9 Å². The zero-order valence-electron chi connectivity index (χ0n) is 17.6. The van der Waals surface area contributed by atoms with Gasteiger partial charge in [-0.1, -0.05) is 11.6 Å². The average molecular weight is 518 g/mol. The monoisotopic (exact) mass is 517 g/mol. The summed E-state index contributed by atoms with van der Waals surface area (Å²) in [4.78, 5) is 40.7. The Morgan fingerprint density at radius 1 is 1.24 bits per heavy atom. The van der Waals surface area contributed by atoms with Crippen molar-refractivity contribution in [2.24, 2.45) is 4.99 Å². The minimum Gasteiger partial charge on any atom is -0.456 e. The third kappa shape index (κ3) is 5.68. The van der Waals surface area contributed by atoms with Crippen LogP contribution in [0.3, 0.4) is 0 Å².